The summed E-state index contributed by atoms with van der Waals surface area (Å²) >= 11 is 9.82. The SMILES string of the molecule is CCCOC(=O)CCN1C(=O)/C(=C2/C(=O)N(C)c3ccc(Br)cc32)SC1=S. The number of halogens is 1. The van der Waals surface area contributed by atoms with E-state index in [0.717, 1.165) is 28.3 Å². The van der Waals surface area contributed by atoms with Crippen molar-refractivity contribution in [2.75, 3.05) is 25.1 Å². The van der Waals surface area contributed by atoms with Gasteiger partial charge in [0.1, 0.15) is 4.32 Å². The number of thiocarbonyl (C=S) groups is 1. The first-order chi connectivity index (χ1) is 12.8. The highest BCUT2D eigenvalue weighted by Gasteiger charge is 2.41. The number of thioether (sulfide) groups is 1. The number of nitrogens with zero attached hydrogens (tertiary/aromatic N) is 2. The van der Waals surface area contributed by atoms with Crippen LogP contribution in [0.15, 0.2) is 27.6 Å². The quantitative estimate of drug-likeness (QED) is 0.375. The molecule has 0 saturated carbocycles. The van der Waals surface area contributed by atoms with Crippen LogP contribution < -0.4 is 4.90 Å². The molecule has 0 bridgehead atoms. The predicted molar refractivity (Wildman–Crippen MR) is 112 cm³/mol. The molecule has 1 saturated heterocycles. The van der Waals surface area contributed by atoms with E-state index in [2.05, 4.69) is 15.9 Å². The number of carbonyl (C=O) groups is 3. The zero-order chi connectivity index (χ0) is 19.7. The first kappa shape index (κ1) is 20.0. The third kappa shape index (κ3) is 3.81. The number of esters is 1. The fourth-order valence-electron chi connectivity index (χ4n) is 2.85. The third-order valence-corrected chi connectivity index (χ3v) is 6.13. The minimum Gasteiger partial charge on any atom is -0.466 e. The van der Waals surface area contributed by atoms with E-state index < -0.39 is 0 Å². The lowest BCUT2D eigenvalue weighted by atomic mass is 10.1. The number of ether oxygens (including phenoxy) is 1. The molecule has 2 aliphatic rings. The summed E-state index contributed by atoms with van der Waals surface area (Å²) in [5, 5.41) is 0. The van der Waals surface area contributed by atoms with E-state index in [-0.39, 0.29) is 30.7 Å². The molecule has 0 N–H and O–H groups in total. The van der Waals surface area contributed by atoms with Gasteiger partial charge in [0.2, 0.25) is 0 Å². The summed E-state index contributed by atoms with van der Waals surface area (Å²) in [5.41, 5.74) is 1.79. The second kappa shape index (κ2) is 8.12. The van der Waals surface area contributed by atoms with E-state index in [4.69, 9.17) is 17.0 Å². The fourth-order valence-corrected chi connectivity index (χ4v) is 4.59. The maximum Gasteiger partial charge on any atom is 0.307 e. The smallest absolute Gasteiger partial charge is 0.307 e. The zero-order valence-corrected chi connectivity index (χ0v) is 18.0. The summed E-state index contributed by atoms with van der Waals surface area (Å²) in [7, 11) is 1.67. The zero-order valence-electron chi connectivity index (χ0n) is 14.8. The molecule has 2 amide bonds. The van der Waals surface area contributed by atoms with E-state index in [0.29, 0.717) is 27.0 Å². The highest BCUT2D eigenvalue weighted by atomic mass is 79.9. The largest absolute Gasteiger partial charge is 0.466 e. The first-order valence-corrected chi connectivity index (χ1v) is 10.4. The van der Waals surface area contributed by atoms with Gasteiger partial charge >= 0.3 is 5.97 Å². The molecular weight excluding hydrogens is 452 g/mol. The molecule has 0 atom stereocenters. The number of amides is 2. The third-order valence-electron chi connectivity index (χ3n) is 4.19. The number of carbonyl (C=O) groups excluding carboxylic acids is 3. The van der Waals surface area contributed by atoms with Crippen molar-refractivity contribution >= 4 is 73.3 Å². The predicted octanol–water partition coefficient (Wildman–Crippen LogP) is 3.34. The van der Waals surface area contributed by atoms with Gasteiger partial charge in [0.25, 0.3) is 11.8 Å². The average molecular weight is 469 g/mol. The molecule has 27 heavy (non-hydrogen) atoms. The second-order valence-electron chi connectivity index (χ2n) is 6.02. The first-order valence-electron chi connectivity index (χ1n) is 8.36. The molecule has 0 unspecified atom stereocenters. The van der Waals surface area contributed by atoms with Crippen LogP contribution in [0.1, 0.15) is 25.3 Å². The van der Waals surface area contributed by atoms with Crippen LogP contribution in [0.4, 0.5) is 5.69 Å². The van der Waals surface area contributed by atoms with Crippen molar-refractivity contribution in [1.29, 1.82) is 0 Å². The van der Waals surface area contributed by atoms with E-state index in [1.807, 2.05) is 25.1 Å². The van der Waals surface area contributed by atoms with Crippen LogP contribution in [0.5, 0.6) is 0 Å². The molecule has 3 rings (SSSR count). The number of hydrogen-bond donors (Lipinski definition) is 0. The Morgan fingerprint density at radius 2 is 2.04 bits per heavy atom. The van der Waals surface area contributed by atoms with Crippen LogP contribution in [-0.2, 0) is 19.1 Å². The van der Waals surface area contributed by atoms with Crippen LogP contribution in [-0.4, -0.2) is 47.2 Å². The van der Waals surface area contributed by atoms with Crippen molar-refractivity contribution in [1.82, 2.24) is 4.90 Å². The van der Waals surface area contributed by atoms with E-state index >= 15 is 0 Å². The van der Waals surface area contributed by atoms with Crippen LogP contribution in [0.3, 0.4) is 0 Å². The van der Waals surface area contributed by atoms with Gasteiger partial charge in [-0.25, -0.2) is 0 Å². The van der Waals surface area contributed by atoms with Gasteiger partial charge in [-0.2, -0.15) is 0 Å². The van der Waals surface area contributed by atoms with Gasteiger partial charge in [-0.1, -0.05) is 46.8 Å². The molecule has 1 aromatic carbocycles. The minimum atomic E-state index is -0.371. The number of rotatable bonds is 5. The Hall–Kier alpha value is -1.71. The summed E-state index contributed by atoms with van der Waals surface area (Å²) < 4.78 is 6.19. The van der Waals surface area contributed by atoms with Crippen LogP contribution >= 0.6 is 39.9 Å². The van der Waals surface area contributed by atoms with Crippen molar-refractivity contribution in [2.45, 2.75) is 19.8 Å². The number of likely N-dealkylation sites (N-methyl/N-ethyl adjacent to an activating group) is 1. The minimum absolute atomic E-state index is 0.0606. The molecule has 0 spiro atoms. The Morgan fingerprint density at radius 1 is 1.30 bits per heavy atom. The Morgan fingerprint density at radius 3 is 2.74 bits per heavy atom. The van der Waals surface area contributed by atoms with E-state index in [9.17, 15) is 14.4 Å². The monoisotopic (exact) mass is 468 g/mol. The molecule has 0 radical (unpaired) electrons. The van der Waals surface area contributed by atoms with Gasteiger partial charge in [-0.3, -0.25) is 19.3 Å². The normalized spacial score (nSPS) is 19.1. The van der Waals surface area contributed by atoms with Gasteiger partial charge in [0, 0.05) is 23.6 Å². The Bertz CT molecular complexity index is 884. The Balaban J connectivity index is 1.87. The number of anilines is 1. The summed E-state index contributed by atoms with van der Waals surface area (Å²) in [4.78, 5) is 40.6. The molecule has 142 valence electrons. The maximum atomic E-state index is 12.9. The van der Waals surface area contributed by atoms with Crippen molar-refractivity contribution in [3.63, 3.8) is 0 Å². The molecule has 9 heteroatoms. The lowest BCUT2D eigenvalue weighted by Crippen LogP contribution is -2.31. The van der Waals surface area contributed by atoms with Gasteiger partial charge in [0.15, 0.2) is 0 Å². The summed E-state index contributed by atoms with van der Waals surface area (Å²) in [6.07, 6.45) is 0.800. The number of benzene rings is 1. The summed E-state index contributed by atoms with van der Waals surface area (Å²) in [6, 6.07) is 5.49. The molecule has 1 fully saturated rings. The Labute approximate surface area is 175 Å². The fraction of sp³-hybridized carbons (Fsp3) is 0.333. The molecule has 6 nitrogen and oxygen atoms in total. The summed E-state index contributed by atoms with van der Waals surface area (Å²) in [6.45, 7) is 2.40. The van der Waals surface area contributed by atoms with Crippen molar-refractivity contribution in [2.24, 2.45) is 0 Å². The maximum absolute atomic E-state index is 12.9. The standard InChI is InChI=1S/C18H17BrN2O4S2/c1-3-8-25-13(22)6-7-21-17(24)15(27-18(21)26)14-11-9-10(19)4-5-12(11)20(2)16(14)23/h4-5,9H,3,6-8H2,1-2H3/b15-14-. The van der Waals surface area contributed by atoms with Crippen LogP contribution in [0.2, 0.25) is 0 Å². The molecule has 0 aliphatic carbocycles. The lowest BCUT2D eigenvalue weighted by Gasteiger charge is -2.13. The van der Waals surface area contributed by atoms with E-state index in [1.165, 1.54) is 9.80 Å². The molecular formula is C18H17BrN2O4S2. The van der Waals surface area contributed by atoms with Crippen molar-refractivity contribution in [3.05, 3.63) is 33.1 Å². The number of fused-ring (bicyclic) bond motifs is 1. The highest BCUT2D eigenvalue weighted by Crippen LogP contribution is 2.44. The molecule has 1 aromatic rings. The van der Waals surface area contributed by atoms with Gasteiger partial charge in [0.05, 0.1) is 29.2 Å². The second-order valence-corrected chi connectivity index (χ2v) is 8.58. The van der Waals surface area contributed by atoms with Crippen LogP contribution in [0.25, 0.3) is 5.57 Å². The van der Waals surface area contributed by atoms with Gasteiger partial charge in [-0.15, -0.1) is 0 Å². The lowest BCUT2D eigenvalue weighted by molar-refractivity contribution is -0.144. The molecule has 0 aromatic heterocycles. The van der Waals surface area contributed by atoms with E-state index in [1.54, 1.807) is 7.05 Å². The number of hydrogen-bond acceptors (Lipinski definition) is 6. The van der Waals surface area contributed by atoms with Gasteiger partial charge < -0.3 is 9.64 Å². The average Bonchev–Trinajstić information content (AvgIpc) is 3.04. The highest BCUT2D eigenvalue weighted by molar-refractivity contribution is 9.10. The van der Waals surface area contributed by atoms with Gasteiger partial charge in [-0.05, 0) is 24.6 Å². The summed E-state index contributed by atoms with van der Waals surface area (Å²) in [5.74, 6) is -0.965. The molecule has 2 heterocycles. The molecule has 2 aliphatic heterocycles. The van der Waals surface area contributed by atoms with Crippen molar-refractivity contribution in [3.8, 4) is 0 Å². The van der Waals surface area contributed by atoms with Crippen molar-refractivity contribution < 1.29 is 19.1 Å². The Kier molecular flexibility index (Phi) is 6.02. The van der Waals surface area contributed by atoms with Crippen LogP contribution in [0, 0.1) is 0 Å². The topological polar surface area (TPSA) is 66.9 Å².